The van der Waals surface area contributed by atoms with Gasteiger partial charge in [-0.25, -0.2) is 4.79 Å². The molecule has 2 aromatic carbocycles. The Labute approximate surface area is 186 Å². The minimum Gasteiger partial charge on any atom is -0.449 e. The van der Waals surface area contributed by atoms with Crippen molar-refractivity contribution in [3.8, 4) is 6.07 Å². The molecule has 0 fully saturated rings. The van der Waals surface area contributed by atoms with Gasteiger partial charge in [-0.2, -0.15) is 5.26 Å². The number of carbonyl (C=O) groups excluding carboxylic acids is 3. The minimum absolute atomic E-state index is 0.190. The highest BCUT2D eigenvalue weighted by molar-refractivity contribution is 7.99. The Morgan fingerprint density at radius 2 is 1.74 bits per heavy atom. The van der Waals surface area contributed by atoms with Crippen LogP contribution in [0, 0.1) is 11.3 Å². The topological polar surface area (TPSA) is 122 Å². The van der Waals surface area contributed by atoms with E-state index in [2.05, 4.69) is 11.4 Å². The number of rotatable bonds is 7. The first-order valence-corrected chi connectivity index (χ1v) is 10.8. The fraction of sp³-hybridized carbons (Fsp3) is 0.0909. The lowest BCUT2D eigenvalue weighted by molar-refractivity contribution is -0.123. The molecule has 1 aromatic heterocycles. The summed E-state index contributed by atoms with van der Waals surface area (Å²) < 4.78 is 5.34. The summed E-state index contributed by atoms with van der Waals surface area (Å²) in [4.78, 5) is 37.9. The van der Waals surface area contributed by atoms with Gasteiger partial charge in [-0.1, -0.05) is 36.0 Å². The number of amides is 2. The Hall–Kier alpha value is -3.61. The Bertz CT molecular complexity index is 1180. The summed E-state index contributed by atoms with van der Waals surface area (Å²) in [6.07, 6.45) is -1.11. The van der Waals surface area contributed by atoms with Crippen molar-refractivity contribution in [1.29, 1.82) is 5.26 Å². The van der Waals surface area contributed by atoms with E-state index in [0.29, 0.717) is 20.4 Å². The standard InChI is InChI=1S/C22H17N3O4S2/c1-13(20(27)25-21-16(19(24)26)10-11-30-21)29-22(28)15-7-3-5-9-18(15)31-17-8-4-2-6-14(17)12-23/h2-11,13H,1H3,(H2,24,26)(H,25,27). The lowest BCUT2D eigenvalue weighted by Crippen LogP contribution is -2.30. The molecule has 31 heavy (non-hydrogen) atoms. The summed E-state index contributed by atoms with van der Waals surface area (Å²) in [6.45, 7) is 1.44. The molecule has 0 saturated heterocycles. The Morgan fingerprint density at radius 3 is 2.45 bits per heavy atom. The molecule has 0 radical (unpaired) electrons. The second-order valence-electron chi connectivity index (χ2n) is 6.27. The maximum atomic E-state index is 12.8. The van der Waals surface area contributed by atoms with Crippen molar-refractivity contribution in [1.82, 2.24) is 0 Å². The molecule has 0 spiro atoms. The molecule has 7 nitrogen and oxygen atoms in total. The van der Waals surface area contributed by atoms with Crippen molar-refractivity contribution in [3.05, 3.63) is 76.7 Å². The van der Waals surface area contributed by atoms with Crippen LogP contribution in [0.3, 0.4) is 0 Å². The number of hydrogen-bond acceptors (Lipinski definition) is 7. The molecule has 1 atom stereocenters. The first-order valence-electron chi connectivity index (χ1n) is 9.06. The predicted octanol–water partition coefficient (Wildman–Crippen LogP) is 4.05. The van der Waals surface area contributed by atoms with Gasteiger partial charge < -0.3 is 15.8 Å². The number of benzene rings is 2. The van der Waals surface area contributed by atoms with Crippen LogP contribution in [0.5, 0.6) is 0 Å². The van der Waals surface area contributed by atoms with Gasteiger partial charge in [-0.3, -0.25) is 9.59 Å². The number of nitrogens with zero attached hydrogens (tertiary/aromatic N) is 1. The SMILES string of the molecule is CC(OC(=O)c1ccccc1Sc1ccccc1C#N)C(=O)Nc1sccc1C(N)=O. The van der Waals surface area contributed by atoms with E-state index in [1.54, 1.807) is 53.9 Å². The molecule has 0 aliphatic carbocycles. The maximum Gasteiger partial charge on any atom is 0.340 e. The summed E-state index contributed by atoms with van der Waals surface area (Å²) in [6, 6.07) is 17.5. The highest BCUT2D eigenvalue weighted by atomic mass is 32.2. The van der Waals surface area contributed by atoms with Crippen LogP contribution in [-0.4, -0.2) is 23.9 Å². The van der Waals surface area contributed by atoms with E-state index < -0.39 is 23.9 Å². The fourth-order valence-electron chi connectivity index (χ4n) is 2.58. The van der Waals surface area contributed by atoms with Crippen LogP contribution in [0.25, 0.3) is 0 Å². The monoisotopic (exact) mass is 451 g/mol. The van der Waals surface area contributed by atoms with E-state index in [1.807, 2.05) is 0 Å². The largest absolute Gasteiger partial charge is 0.449 e. The number of nitrogens with one attached hydrogen (secondary N) is 1. The fourth-order valence-corrected chi connectivity index (χ4v) is 4.39. The molecule has 2 amide bonds. The molecular formula is C22H17N3O4S2. The van der Waals surface area contributed by atoms with Crippen molar-refractivity contribution in [2.45, 2.75) is 22.8 Å². The minimum atomic E-state index is -1.11. The Morgan fingerprint density at radius 1 is 1.06 bits per heavy atom. The average molecular weight is 452 g/mol. The van der Waals surface area contributed by atoms with Crippen LogP contribution in [0.4, 0.5) is 5.00 Å². The second-order valence-corrected chi connectivity index (χ2v) is 8.27. The van der Waals surface area contributed by atoms with Gasteiger partial charge in [0.2, 0.25) is 0 Å². The molecule has 9 heteroatoms. The number of esters is 1. The molecule has 3 aromatic rings. The zero-order valence-electron chi connectivity index (χ0n) is 16.3. The summed E-state index contributed by atoms with van der Waals surface area (Å²) in [5, 5.41) is 13.8. The number of nitrogens with two attached hydrogens (primary N) is 1. The van der Waals surface area contributed by atoms with Gasteiger partial charge in [-0.05, 0) is 42.6 Å². The van der Waals surface area contributed by atoms with Gasteiger partial charge >= 0.3 is 5.97 Å². The van der Waals surface area contributed by atoms with Crippen LogP contribution in [-0.2, 0) is 9.53 Å². The number of ether oxygens (including phenoxy) is 1. The van der Waals surface area contributed by atoms with Gasteiger partial charge in [0, 0.05) is 9.79 Å². The number of primary amides is 1. The number of nitriles is 1. The molecule has 1 heterocycles. The van der Waals surface area contributed by atoms with Gasteiger partial charge in [0.25, 0.3) is 11.8 Å². The average Bonchev–Trinajstić information content (AvgIpc) is 3.23. The van der Waals surface area contributed by atoms with Crippen molar-refractivity contribution >= 4 is 45.9 Å². The normalized spacial score (nSPS) is 11.2. The van der Waals surface area contributed by atoms with E-state index >= 15 is 0 Å². The van der Waals surface area contributed by atoms with Crippen LogP contribution >= 0.6 is 23.1 Å². The smallest absolute Gasteiger partial charge is 0.340 e. The summed E-state index contributed by atoms with van der Waals surface area (Å²) >= 11 is 2.41. The van der Waals surface area contributed by atoms with Crippen molar-refractivity contribution in [3.63, 3.8) is 0 Å². The third-order valence-corrected chi connectivity index (χ3v) is 6.14. The van der Waals surface area contributed by atoms with Gasteiger partial charge in [0.15, 0.2) is 6.10 Å². The second kappa shape index (κ2) is 9.93. The molecule has 0 saturated carbocycles. The van der Waals surface area contributed by atoms with Crippen LogP contribution in [0.15, 0.2) is 69.8 Å². The van der Waals surface area contributed by atoms with Crippen molar-refractivity contribution in [2.24, 2.45) is 5.73 Å². The van der Waals surface area contributed by atoms with Crippen LogP contribution in [0.1, 0.15) is 33.2 Å². The van der Waals surface area contributed by atoms with Crippen molar-refractivity contribution < 1.29 is 19.1 Å². The summed E-state index contributed by atoms with van der Waals surface area (Å²) in [5.41, 5.74) is 6.23. The lowest BCUT2D eigenvalue weighted by Gasteiger charge is -2.15. The molecular weight excluding hydrogens is 434 g/mol. The maximum absolute atomic E-state index is 12.8. The molecule has 0 aliphatic heterocycles. The van der Waals surface area contributed by atoms with E-state index in [-0.39, 0.29) is 11.1 Å². The molecule has 0 bridgehead atoms. The zero-order valence-corrected chi connectivity index (χ0v) is 18.0. The van der Waals surface area contributed by atoms with Gasteiger partial charge in [0.05, 0.1) is 16.7 Å². The third kappa shape index (κ3) is 5.31. The first kappa shape index (κ1) is 22.1. The first-order chi connectivity index (χ1) is 14.9. The third-order valence-electron chi connectivity index (χ3n) is 4.15. The van der Waals surface area contributed by atoms with Crippen LogP contribution < -0.4 is 11.1 Å². The Balaban J connectivity index is 1.73. The predicted molar refractivity (Wildman–Crippen MR) is 118 cm³/mol. The summed E-state index contributed by atoms with van der Waals surface area (Å²) in [7, 11) is 0. The highest BCUT2D eigenvalue weighted by Gasteiger charge is 2.23. The molecule has 156 valence electrons. The van der Waals surface area contributed by atoms with Gasteiger partial charge in [-0.15, -0.1) is 11.3 Å². The highest BCUT2D eigenvalue weighted by Crippen LogP contribution is 2.33. The Kier molecular flexibility index (Phi) is 7.07. The van der Waals surface area contributed by atoms with Gasteiger partial charge in [0.1, 0.15) is 11.1 Å². The summed E-state index contributed by atoms with van der Waals surface area (Å²) in [5.74, 6) is -1.93. The molecule has 1 unspecified atom stereocenters. The number of carbonyl (C=O) groups is 3. The number of anilines is 1. The molecule has 0 aliphatic rings. The number of hydrogen-bond donors (Lipinski definition) is 2. The van der Waals surface area contributed by atoms with E-state index in [9.17, 15) is 19.6 Å². The molecule has 3 N–H and O–H groups in total. The van der Waals surface area contributed by atoms with Crippen LogP contribution in [0.2, 0.25) is 0 Å². The van der Waals surface area contributed by atoms with Crippen molar-refractivity contribution in [2.75, 3.05) is 5.32 Å². The zero-order chi connectivity index (χ0) is 22.4. The molecule has 3 rings (SSSR count). The van der Waals surface area contributed by atoms with E-state index in [1.165, 1.54) is 24.8 Å². The van der Waals surface area contributed by atoms with E-state index in [0.717, 1.165) is 11.3 Å². The quantitative estimate of drug-likeness (QED) is 0.523. The van der Waals surface area contributed by atoms with E-state index in [4.69, 9.17) is 10.5 Å². The number of thiophene rings is 1. The lowest BCUT2D eigenvalue weighted by atomic mass is 10.2.